The van der Waals surface area contributed by atoms with E-state index >= 15 is 0 Å². The third-order valence-corrected chi connectivity index (χ3v) is 5.05. The summed E-state index contributed by atoms with van der Waals surface area (Å²) in [4.78, 5) is 11.6. The van der Waals surface area contributed by atoms with E-state index in [2.05, 4.69) is 6.08 Å². The van der Waals surface area contributed by atoms with E-state index in [1.54, 1.807) is 6.07 Å². The minimum atomic E-state index is -0.326. The molecule has 1 aromatic rings. The topological polar surface area (TPSA) is 55.8 Å². The van der Waals surface area contributed by atoms with E-state index in [4.69, 9.17) is 9.47 Å². The zero-order chi connectivity index (χ0) is 15.6. The molecule has 0 spiro atoms. The summed E-state index contributed by atoms with van der Waals surface area (Å²) < 4.78 is 10.8. The number of fused-ring (bicyclic) bond motifs is 3. The molecule has 1 aromatic carbocycles. The van der Waals surface area contributed by atoms with Gasteiger partial charge in [0.05, 0.1) is 31.5 Å². The van der Waals surface area contributed by atoms with Gasteiger partial charge in [-0.25, -0.2) is 4.79 Å². The number of carbonyl (C=O) groups excluding carboxylic acids is 1. The quantitative estimate of drug-likeness (QED) is 0.869. The molecule has 3 aliphatic rings. The fraction of sp³-hybridized carbons (Fsp3) is 0.500. The van der Waals surface area contributed by atoms with Crippen LogP contribution in [-0.4, -0.2) is 37.0 Å². The van der Waals surface area contributed by atoms with E-state index < -0.39 is 0 Å². The highest BCUT2D eigenvalue weighted by molar-refractivity contribution is 5.90. The van der Waals surface area contributed by atoms with Crippen molar-refractivity contribution in [1.29, 1.82) is 0 Å². The maximum atomic E-state index is 11.6. The van der Waals surface area contributed by atoms with Gasteiger partial charge in [-0.2, -0.15) is 0 Å². The van der Waals surface area contributed by atoms with Crippen molar-refractivity contribution >= 4 is 12.0 Å². The molecule has 1 saturated carbocycles. The first-order valence-corrected chi connectivity index (χ1v) is 7.73. The van der Waals surface area contributed by atoms with Gasteiger partial charge >= 0.3 is 5.97 Å². The molecule has 0 atom stereocenters. The Morgan fingerprint density at radius 2 is 2.14 bits per heavy atom. The number of aliphatic hydroxyl groups excluding tert-OH is 1. The summed E-state index contributed by atoms with van der Waals surface area (Å²) in [5.41, 5.74) is 1.29. The van der Waals surface area contributed by atoms with Crippen molar-refractivity contribution in [2.45, 2.75) is 31.3 Å². The Kier molecular flexibility index (Phi) is 4.06. The molecule has 118 valence electrons. The number of carbonyl (C=O) groups is 1. The molecular weight excluding hydrogens is 280 g/mol. The van der Waals surface area contributed by atoms with E-state index in [-0.39, 0.29) is 23.6 Å². The molecule has 0 radical (unpaired) electrons. The van der Waals surface area contributed by atoms with Crippen LogP contribution < -0.4 is 0 Å². The van der Waals surface area contributed by atoms with Gasteiger partial charge in [-0.1, -0.05) is 24.3 Å². The van der Waals surface area contributed by atoms with Gasteiger partial charge in [0.2, 0.25) is 0 Å². The van der Waals surface area contributed by atoms with Crippen LogP contribution in [0.4, 0.5) is 0 Å². The Balaban J connectivity index is 1.74. The van der Waals surface area contributed by atoms with Gasteiger partial charge in [0.1, 0.15) is 0 Å². The average Bonchev–Trinajstić information content (AvgIpc) is 2.61. The Morgan fingerprint density at radius 1 is 1.36 bits per heavy atom. The molecule has 0 amide bonds. The van der Waals surface area contributed by atoms with Crippen LogP contribution >= 0.6 is 0 Å². The Hall–Kier alpha value is -1.65. The molecule has 0 unspecified atom stereocenters. The number of hydrogen-bond donors (Lipinski definition) is 1. The van der Waals surface area contributed by atoms with Crippen LogP contribution in [0.5, 0.6) is 0 Å². The van der Waals surface area contributed by atoms with Crippen LogP contribution in [0.25, 0.3) is 6.08 Å². The number of benzene rings is 1. The molecule has 4 nitrogen and oxygen atoms in total. The second-order valence-electron chi connectivity index (χ2n) is 6.46. The fourth-order valence-electron chi connectivity index (χ4n) is 3.34. The zero-order valence-electron chi connectivity index (χ0n) is 12.9. The first-order valence-electron chi connectivity index (χ1n) is 7.73. The van der Waals surface area contributed by atoms with Crippen molar-refractivity contribution in [3.05, 3.63) is 41.5 Å². The van der Waals surface area contributed by atoms with Crippen LogP contribution in [0.1, 0.15) is 41.6 Å². The molecule has 3 fully saturated rings. The summed E-state index contributed by atoms with van der Waals surface area (Å²) in [6.07, 6.45) is 8.04. The lowest BCUT2D eigenvalue weighted by Gasteiger charge is -2.51. The average molecular weight is 302 g/mol. The summed E-state index contributed by atoms with van der Waals surface area (Å²) >= 11 is 0. The molecule has 2 bridgehead atoms. The fourth-order valence-corrected chi connectivity index (χ4v) is 3.34. The van der Waals surface area contributed by atoms with Crippen molar-refractivity contribution in [2.75, 3.05) is 20.3 Å². The molecule has 22 heavy (non-hydrogen) atoms. The van der Waals surface area contributed by atoms with Gasteiger partial charge in [0.15, 0.2) is 0 Å². The maximum Gasteiger partial charge on any atom is 0.337 e. The van der Waals surface area contributed by atoms with Crippen molar-refractivity contribution in [3.8, 4) is 0 Å². The molecule has 1 N–H and O–H groups in total. The molecule has 2 aliphatic heterocycles. The third-order valence-electron chi connectivity index (χ3n) is 5.05. The highest BCUT2D eigenvalue weighted by atomic mass is 16.5. The summed E-state index contributed by atoms with van der Waals surface area (Å²) in [6, 6.07) is 7.38. The molecule has 4 rings (SSSR count). The molecule has 2 heterocycles. The molecule has 1 aliphatic carbocycles. The minimum Gasteiger partial charge on any atom is -0.465 e. The summed E-state index contributed by atoms with van der Waals surface area (Å²) in [5, 5.41) is 9.52. The van der Waals surface area contributed by atoms with E-state index in [1.807, 2.05) is 24.3 Å². The Labute approximate surface area is 130 Å². The van der Waals surface area contributed by atoms with E-state index in [0.29, 0.717) is 12.2 Å². The highest BCUT2D eigenvalue weighted by Crippen LogP contribution is 2.49. The van der Waals surface area contributed by atoms with E-state index in [1.165, 1.54) is 7.11 Å². The van der Waals surface area contributed by atoms with Gasteiger partial charge in [0, 0.05) is 5.41 Å². The standard InChI is InChI=1S/C18H22O4/c1-21-16(20)15-4-2-3-14(11-15)5-6-18-9-7-17(12-19,8-10-18)13-22-18/h2-6,11,19H,7-10,12-13H2,1H3/b6-5+. The van der Waals surface area contributed by atoms with Crippen LogP contribution in [0.2, 0.25) is 0 Å². The lowest BCUT2D eigenvalue weighted by molar-refractivity contribution is -0.170. The molecule has 0 aromatic heterocycles. The lowest BCUT2D eigenvalue weighted by Crippen LogP contribution is -2.51. The zero-order valence-corrected chi connectivity index (χ0v) is 12.9. The van der Waals surface area contributed by atoms with Crippen LogP contribution in [0, 0.1) is 5.41 Å². The number of esters is 1. The predicted octanol–water partition coefficient (Wildman–Crippen LogP) is 2.81. The predicted molar refractivity (Wildman–Crippen MR) is 83.5 cm³/mol. The van der Waals surface area contributed by atoms with Gasteiger partial charge in [-0.3, -0.25) is 0 Å². The van der Waals surface area contributed by atoms with Crippen LogP contribution in [0.15, 0.2) is 30.3 Å². The normalized spacial score (nSPS) is 30.6. The van der Waals surface area contributed by atoms with Crippen LogP contribution in [0.3, 0.4) is 0 Å². The van der Waals surface area contributed by atoms with E-state index in [9.17, 15) is 9.90 Å². The first kappa shape index (κ1) is 15.3. The van der Waals surface area contributed by atoms with Gasteiger partial charge in [-0.05, 0) is 43.4 Å². The molecule has 4 heteroatoms. The van der Waals surface area contributed by atoms with Crippen LogP contribution in [-0.2, 0) is 9.47 Å². The van der Waals surface area contributed by atoms with Gasteiger partial charge in [-0.15, -0.1) is 0 Å². The number of aliphatic hydroxyl groups is 1. The van der Waals surface area contributed by atoms with Gasteiger partial charge < -0.3 is 14.6 Å². The largest absolute Gasteiger partial charge is 0.465 e. The SMILES string of the molecule is COC(=O)c1cccc(/C=C/C23CCC(CO)(CC2)CO3)c1. The maximum absolute atomic E-state index is 11.6. The Morgan fingerprint density at radius 3 is 2.73 bits per heavy atom. The first-order chi connectivity index (χ1) is 10.6. The molecular formula is C18H22O4. The van der Waals surface area contributed by atoms with Crippen molar-refractivity contribution in [1.82, 2.24) is 0 Å². The summed E-state index contributed by atoms with van der Waals surface area (Å²) in [7, 11) is 1.38. The van der Waals surface area contributed by atoms with Gasteiger partial charge in [0.25, 0.3) is 0 Å². The van der Waals surface area contributed by atoms with E-state index in [0.717, 1.165) is 31.2 Å². The summed E-state index contributed by atoms with van der Waals surface area (Å²) in [6.45, 7) is 0.851. The third kappa shape index (κ3) is 2.81. The van der Waals surface area contributed by atoms with Crippen molar-refractivity contribution < 1.29 is 19.4 Å². The monoisotopic (exact) mass is 302 g/mol. The minimum absolute atomic E-state index is 0.0135. The molecule has 2 saturated heterocycles. The lowest BCUT2D eigenvalue weighted by atomic mass is 9.66. The van der Waals surface area contributed by atoms with Crippen molar-refractivity contribution in [2.24, 2.45) is 5.41 Å². The number of hydrogen-bond acceptors (Lipinski definition) is 4. The Bertz CT molecular complexity index is 566. The highest BCUT2D eigenvalue weighted by Gasteiger charge is 2.48. The van der Waals surface area contributed by atoms with Crippen molar-refractivity contribution in [3.63, 3.8) is 0 Å². The number of rotatable bonds is 4. The smallest absolute Gasteiger partial charge is 0.337 e. The summed E-state index contributed by atoms with van der Waals surface area (Å²) in [5.74, 6) is -0.326. The second kappa shape index (κ2) is 5.86. The second-order valence-corrected chi connectivity index (χ2v) is 6.46. The number of methoxy groups -OCH3 is 1. The number of ether oxygens (including phenoxy) is 2.